The van der Waals surface area contributed by atoms with Gasteiger partial charge in [0.05, 0.1) is 0 Å². The quantitative estimate of drug-likeness (QED) is 0.566. The molecule has 2 rings (SSSR count). The van der Waals surface area contributed by atoms with Gasteiger partial charge in [0.1, 0.15) is 12.2 Å². The number of nitrogens with zero attached hydrogens (tertiary/aromatic N) is 4. The molecular weight excluding hydrogens is 240 g/mol. The Morgan fingerprint density at radius 3 is 2.79 bits per heavy atom. The van der Waals surface area contributed by atoms with Gasteiger partial charge in [-0.3, -0.25) is 20.9 Å². The van der Waals surface area contributed by atoms with Gasteiger partial charge in [-0.05, 0) is 30.5 Å². The van der Waals surface area contributed by atoms with E-state index in [4.69, 9.17) is 5.84 Å². The number of hydrogen-bond acceptors (Lipinski definition) is 5. The standard InChI is InChI=1S/C13H20N6/c1-2-7-19-13(16-10-17-19)9-12(18-14)8-11-3-5-15-6-4-11/h3-6,10,12,18H,2,7-9,14H2,1H3. The van der Waals surface area contributed by atoms with E-state index in [1.807, 2.05) is 16.8 Å². The first kappa shape index (κ1) is 13.6. The second-order valence-corrected chi connectivity index (χ2v) is 4.53. The summed E-state index contributed by atoms with van der Waals surface area (Å²) >= 11 is 0. The van der Waals surface area contributed by atoms with E-state index in [1.54, 1.807) is 18.7 Å². The summed E-state index contributed by atoms with van der Waals surface area (Å²) in [4.78, 5) is 8.32. The number of pyridine rings is 1. The van der Waals surface area contributed by atoms with E-state index in [0.29, 0.717) is 0 Å². The molecule has 0 aliphatic rings. The summed E-state index contributed by atoms with van der Waals surface area (Å²) in [5.41, 5.74) is 4.06. The molecule has 0 aromatic carbocycles. The Hall–Kier alpha value is -1.79. The first-order valence-corrected chi connectivity index (χ1v) is 6.55. The lowest BCUT2D eigenvalue weighted by Crippen LogP contribution is -2.39. The lowest BCUT2D eigenvalue weighted by molar-refractivity contribution is 0.482. The molecule has 0 amide bonds. The fourth-order valence-electron chi connectivity index (χ4n) is 2.06. The monoisotopic (exact) mass is 260 g/mol. The van der Waals surface area contributed by atoms with Crippen molar-refractivity contribution >= 4 is 0 Å². The molecule has 0 aliphatic heterocycles. The number of hydrogen-bond donors (Lipinski definition) is 2. The minimum atomic E-state index is 0.141. The second kappa shape index (κ2) is 6.96. The summed E-state index contributed by atoms with van der Waals surface area (Å²) in [5.74, 6) is 6.61. The highest BCUT2D eigenvalue weighted by Gasteiger charge is 2.13. The third kappa shape index (κ3) is 3.84. The predicted octanol–water partition coefficient (Wildman–Crippen LogP) is 0.700. The van der Waals surface area contributed by atoms with Crippen molar-refractivity contribution < 1.29 is 0 Å². The first-order valence-electron chi connectivity index (χ1n) is 6.55. The Labute approximate surface area is 113 Å². The van der Waals surface area contributed by atoms with Gasteiger partial charge in [0, 0.05) is 31.4 Å². The van der Waals surface area contributed by atoms with Crippen molar-refractivity contribution in [2.75, 3.05) is 0 Å². The molecule has 0 spiro atoms. The van der Waals surface area contributed by atoms with E-state index in [2.05, 4.69) is 27.4 Å². The fourth-order valence-corrected chi connectivity index (χ4v) is 2.06. The van der Waals surface area contributed by atoms with E-state index >= 15 is 0 Å². The average molecular weight is 260 g/mol. The van der Waals surface area contributed by atoms with Crippen molar-refractivity contribution in [1.82, 2.24) is 25.2 Å². The van der Waals surface area contributed by atoms with Crippen molar-refractivity contribution in [3.05, 3.63) is 42.2 Å². The summed E-state index contributed by atoms with van der Waals surface area (Å²) in [6.07, 6.45) is 7.84. The third-order valence-electron chi connectivity index (χ3n) is 3.03. The van der Waals surface area contributed by atoms with Crippen molar-refractivity contribution in [2.24, 2.45) is 5.84 Å². The number of aryl methyl sites for hydroxylation is 1. The van der Waals surface area contributed by atoms with Crippen LogP contribution in [0.2, 0.25) is 0 Å². The molecule has 0 radical (unpaired) electrons. The minimum absolute atomic E-state index is 0.141. The Balaban J connectivity index is 2.00. The van der Waals surface area contributed by atoms with Crippen molar-refractivity contribution in [3.63, 3.8) is 0 Å². The van der Waals surface area contributed by atoms with E-state index < -0.39 is 0 Å². The SMILES string of the molecule is CCCn1ncnc1CC(Cc1ccncc1)NN. The molecule has 6 nitrogen and oxygen atoms in total. The number of hydrazine groups is 1. The molecule has 19 heavy (non-hydrogen) atoms. The molecule has 1 atom stereocenters. The minimum Gasteiger partial charge on any atom is -0.271 e. The number of nitrogens with one attached hydrogen (secondary N) is 1. The summed E-state index contributed by atoms with van der Waals surface area (Å²) in [6.45, 7) is 3.02. The van der Waals surface area contributed by atoms with E-state index in [0.717, 1.165) is 31.6 Å². The molecule has 2 aromatic heterocycles. The van der Waals surface area contributed by atoms with Gasteiger partial charge in [-0.15, -0.1) is 0 Å². The van der Waals surface area contributed by atoms with Crippen molar-refractivity contribution in [1.29, 1.82) is 0 Å². The molecule has 6 heteroatoms. The van der Waals surface area contributed by atoms with Gasteiger partial charge < -0.3 is 0 Å². The molecule has 1 unspecified atom stereocenters. The first-order chi connectivity index (χ1) is 9.33. The lowest BCUT2D eigenvalue weighted by atomic mass is 10.0. The molecule has 2 heterocycles. The molecule has 102 valence electrons. The maximum Gasteiger partial charge on any atom is 0.138 e. The average Bonchev–Trinajstić information content (AvgIpc) is 2.87. The highest BCUT2D eigenvalue weighted by Crippen LogP contribution is 2.06. The highest BCUT2D eigenvalue weighted by atomic mass is 15.3. The van der Waals surface area contributed by atoms with Crippen LogP contribution in [0, 0.1) is 0 Å². The normalized spacial score (nSPS) is 12.5. The van der Waals surface area contributed by atoms with E-state index in [9.17, 15) is 0 Å². The zero-order valence-corrected chi connectivity index (χ0v) is 11.2. The number of rotatable bonds is 7. The second-order valence-electron chi connectivity index (χ2n) is 4.53. The van der Waals surface area contributed by atoms with Gasteiger partial charge in [-0.2, -0.15) is 5.10 Å². The number of aromatic nitrogens is 4. The summed E-state index contributed by atoms with van der Waals surface area (Å²) < 4.78 is 1.94. The van der Waals surface area contributed by atoms with Crippen LogP contribution in [0.1, 0.15) is 24.7 Å². The molecule has 0 saturated carbocycles. The van der Waals surface area contributed by atoms with Gasteiger partial charge in [0.15, 0.2) is 0 Å². The van der Waals surface area contributed by atoms with Gasteiger partial charge in [0.25, 0.3) is 0 Å². The Morgan fingerprint density at radius 1 is 1.32 bits per heavy atom. The van der Waals surface area contributed by atoms with Crippen molar-refractivity contribution in [2.45, 2.75) is 38.8 Å². The van der Waals surface area contributed by atoms with E-state index in [1.165, 1.54) is 5.56 Å². The predicted molar refractivity (Wildman–Crippen MR) is 73.1 cm³/mol. The van der Waals surface area contributed by atoms with Crippen LogP contribution in [0.4, 0.5) is 0 Å². The molecule has 3 N–H and O–H groups in total. The highest BCUT2D eigenvalue weighted by molar-refractivity contribution is 5.12. The summed E-state index contributed by atoms with van der Waals surface area (Å²) in [6, 6.07) is 4.14. The van der Waals surface area contributed by atoms with E-state index in [-0.39, 0.29) is 6.04 Å². The molecule has 0 saturated heterocycles. The Bertz CT molecular complexity index is 481. The van der Waals surface area contributed by atoms with Crippen LogP contribution >= 0.6 is 0 Å². The zero-order chi connectivity index (χ0) is 13.5. The molecule has 0 aliphatic carbocycles. The smallest absolute Gasteiger partial charge is 0.138 e. The fraction of sp³-hybridized carbons (Fsp3) is 0.462. The van der Waals surface area contributed by atoms with Gasteiger partial charge >= 0.3 is 0 Å². The number of nitrogens with two attached hydrogens (primary N) is 1. The van der Waals surface area contributed by atoms with Crippen LogP contribution < -0.4 is 11.3 Å². The molecule has 2 aromatic rings. The van der Waals surface area contributed by atoms with Crippen molar-refractivity contribution in [3.8, 4) is 0 Å². The maximum atomic E-state index is 5.64. The largest absolute Gasteiger partial charge is 0.271 e. The Kier molecular flexibility index (Phi) is 5.00. The van der Waals surface area contributed by atoms with Crippen LogP contribution in [-0.4, -0.2) is 25.8 Å². The summed E-state index contributed by atoms with van der Waals surface area (Å²) in [7, 11) is 0. The van der Waals surface area contributed by atoms with Crippen LogP contribution in [-0.2, 0) is 19.4 Å². The zero-order valence-electron chi connectivity index (χ0n) is 11.2. The Morgan fingerprint density at radius 2 is 2.11 bits per heavy atom. The van der Waals surface area contributed by atoms with Gasteiger partial charge in [0.2, 0.25) is 0 Å². The van der Waals surface area contributed by atoms with Crippen LogP contribution in [0.3, 0.4) is 0 Å². The molecule has 0 bridgehead atoms. The van der Waals surface area contributed by atoms with Crippen LogP contribution in [0.25, 0.3) is 0 Å². The molecule has 0 fully saturated rings. The maximum absolute atomic E-state index is 5.64. The summed E-state index contributed by atoms with van der Waals surface area (Å²) in [5, 5.41) is 4.23. The van der Waals surface area contributed by atoms with Crippen LogP contribution in [0.15, 0.2) is 30.9 Å². The van der Waals surface area contributed by atoms with Crippen LogP contribution in [0.5, 0.6) is 0 Å². The lowest BCUT2D eigenvalue weighted by Gasteiger charge is -2.15. The third-order valence-corrected chi connectivity index (χ3v) is 3.03. The van der Waals surface area contributed by atoms with Gasteiger partial charge in [-0.1, -0.05) is 6.92 Å². The van der Waals surface area contributed by atoms with Gasteiger partial charge in [-0.25, -0.2) is 4.98 Å². The molecular formula is C13H20N6. The topological polar surface area (TPSA) is 81.7 Å².